The van der Waals surface area contributed by atoms with E-state index in [9.17, 15) is 4.39 Å². The smallest absolute Gasteiger partial charge is 0.132 e. The van der Waals surface area contributed by atoms with Crippen molar-refractivity contribution in [3.8, 4) is 5.75 Å². The lowest BCUT2D eigenvalue weighted by Gasteiger charge is -2.14. The van der Waals surface area contributed by atoms with E-state index in [0.717, 1.165) is 12.1 Å². The SMILES string of the molecule is COc1ccc(C2NCc3ccccc32)c(F)c1. The van der Waals surface area contributed by atoms with Crippen LogP contribution in [0.25, 0.3) is 0 Å². The van der Waals surface area contributed by atoms with Gasteiger partial charge in [0.15, 0.2) is 0 Å². The van der Waals surface area contributed by atoms with Crippen LogP contribution in [0.2, 0.25) is 0 Å². The molecule has 1 heterocycles. The summed E-state index contributed by atoms with van der Waals surface area (Å²) >= 11 is 0. The molecule has 18 heavy (non-hydrogen) atoms. The summed E-state index contributed by atoms with van der Waals surface area (Å²) in [6.07, 6.45) is 0. The molecule has 3 heteroatoms. The van der Waals surface area contributed by atoms with Gasteiger partial charge < -0.3 is 10.1 Å². The number of hydrogen-bond donors (Lipinski definition) is 1. The van der Waals surface area contributed by atoms with E-state index in [0.29, 0.717) is 11.3 Å². The molecule has 0 radical (unpaired) electrons. The Bertz CT molecular complexity index is 582. The average molecular weight is 243 g/mol. The first-order chi connectivity index (χ1) is 8.79. The van der Waals surface area contributed by atoms with Gasteiger partial charge in [0.05, 0.1) is 13.2 Å². The standard InChI is InChI=1S/C15H14FNO/c1-18-11-6-7-13(14(16)8-11)15-12-5-3-2-4-10(12)9-17-15/h2-8,15,17H,9H2,1H3. The molecule has 1 atom stereocenters. The minimum Gasteiger partial charge on any atom is -0.497 e. The van der Waals surface area contributed by atoms with Crippen molar-refractivity contribution in [3.05, 3.63) is 65.0 Å². The van der Waals surface area contributed by atoms with E-state index in [1.165, 1.54) is 18.7 Å². The Balaban J connectivity index is 2.02. The molecule has 0 saturated carbocycles. The molecule has 0 aromatic heterocycles. The maximum absolute atomic E-state index is 14.1. The molecule has 0 aliphatic carbocycles. The molecular weight excluding hydrogens is 229 g/mol. The molecule has 1 aliphatic heterocycles. The predicted molar refractivity (Wildman–Crippen MR) is 68.1 cm³/mol. The van der Waals surface area contributed by atoms with Crippen molar-refractivity contribution in [2.75, 3.05) is 7.11 Å². The molecule has 0 saturated heterocycles. The van der Waals surface area contributed by atoms with Crippen molar-refractivity contribution >= 4 is 0 Å². The molecule has 2 nitrogen and oxygen atoms in total. The van der Waals surface area contributed by atoms with E-state index < -0.39 is 0 Å². The summed E-state index contributed by atoms with van der Waals surface area (Å²) in [6, 6.07) is 13.1. The number of ether oxygens (including phenoxy) is 1. The largest absolute Gasteiger partial charge is 0.497 e. The maximum Gasteiger partial charge on any atom is 0.132 e. The predicted octanol–water partition coefficient (Wildman–Crippen LogP) is 3.03. The third-order valence-electron chi connectivity index (χ3n) is 3.38. The van der Waals surface area contributed by atoms with Gasteiger partial charge in [-0.15, -0.1) is 0 Å². The Hall–Kier alpha value is -1.87. The highest BCUT2D eigenvalue weighted by Gasteiger charge is 2.25. The van der Waals surface area contributed by atoms with Gasteiger partial charge in [-0.3, -0.25) is 0 Å². The Morgan fingerprint density at radius 3 is 2.78 bits per heavy atom. The van der Waals surface area contributed by atoms with Crippen LogP contribution in [-0.2, 0) is 6.54 Å². The van der Waals surface area contributed by atoms with Crippen molar-refractivity contribution in [2.45, 2.75) is 12.6 Å². The quantitative estimate of drug-likeness (QED) is 0.875. The molecule has 0 amide bonds. The van der Waals surface area contributed by atoms with Crippen molar-refractivity contribution in [2.24, 2.45) is 0 Å². The monoisotopic (exact) mass is 243 g/mol. The first kappa shape index (κ1) is 11.2. The van der Waals surface area contributed by atoms with Crippen molar-refractivity contribution in [3.63, 3.8) is 0 Å². The minimum absolute atomic E-state index is 0.0629. The van der Waals surface area contributed by atoms with E-state index >= 15 is 0 Å². The van der Waals surface area contributed by atoms with Crippen LogP contribution >= 0.6 is 0 Å². The summed E-state index contributed by atoms with van der Waals surface area (Å²) in [7, 11) is 1.54. The first-order valence-corrected chi connectivity index (χ1v) is 5.94. The van der Waals surface area contributed by atoms with Crippen LogP contribution in [0.1, 0.15) is 22.7 Å². The highest BCUT2D eigenvalue weighted by Crippen LogP contribution is 2.33. The second-order valence-electron chi connectivity index (χ2n) is 4.40. The second kappa shape index (κ2) is 4.42. The number of fused-ring (bicyclic) bond motifs is 1. The summed E-state index contributed by atoms with van der Waals surface area (Å²) in [5, 5.41) is 3.34. The fourth-order valence-corrected chi connectivity index (χ4v) is 2.45. The molecule has 3 rings (SSSR count). The third kappa shape index (κ3) is 1.77. The second-order valence-corrected chi connectivity index (χ2v) is 4.40. The Labute approximate surface area is 105 Å². The number of hydrogen-bond acceptors (Lipinski definition) is 2. The molecule has 0 spiro atoms. The minimum atomic E-state index is -0.233. The Morgan fingerprint density at radius 1 is 1.17 bits per heavy atom. The first-order valence-electron chi connectivity index (χ1n) is 5.94. The summed E-state index contributed by atoms with van der Waals surface area (Å²) in [6.45, 7) is 0.784. The zero-order chi connectivity index (χ0) is 12.5. The zero-order valence-electron chi connectivity index (χ0n) is 10.1. The van der Waals surface area contributed by atoms with Gasteiger partial charge in [0.25, 0.3) is 0 Å². The van der Waals surface area contributed by atoms with Gasteiger partial charge in [0, 0.05) is 18.2 Å². The van der Waals surface area contributed by atoms with Crippen LogP contribution in [0.5, 0.6) is 5.75 Å². The van der Waals surface area contributed by atoms with Gasteiger partial charge in [-0.1, -0.05) is 30.3 Å². The molecule has 1 N–H and O–H groups in total. The number of benzene rings is 2. The van der Waals surface area contributed by atoms with Gasteiger partial charge in [0.1, 0.15) is 11.6 Å². The van der Waals surface area contributed by atoms with Gasteiger partial charge >= 0.3 is 0 Å². The lowest BCUT2D eigenvalue weighted by Crippen LogP contribution is -2.14. The Kier molecular flexibility index (Phi) is 2.76. The van der Waals surface area contributed by atoms with E-state index in [-0.39, 0.29) is 11.9 Å². The van der Waals surface area contributed by atoms with Crippen molar-refractivity contribution in [1.82, 2.24) is 5.32 Å². The fraction of sp³-hybridized carbons (Fsp3) is 0.200. The number of rotatable bonds is 2. The van der Waals surface area contributed by atoms with E-state index in [4.69, 9.17) is 4.74 Å². The average Bonchev–Trinajstić information content (AvgIpc) is 2.82. The molecule has 92 valence electrons. The summed E-state index contributed by atoms with van der Waals surface area (Å²) in [5.41, 5.74) is 3.06. The van der Waals surface area contributed by atoms with Gasteiger partial charge in [-0.25, -0.2) is 4.39 Å². The van der Waals surface area contributed by atoms with Gasteiger partial charge in [0.2, 0.25) is 0 Å². The molecule has 2 aromatic carbocycles. The van der Waals surface area contributed by atoms with Crippen LogP contribution in [0, 0.1) is 5.82 Å². The fourth-order valence-electron chi connectivity index (χ4n) is 2.45. The number of nitrogens with one attached hydrogen (secondary N) is 1. The third-order valence-corrected chi connectivity index (χ3v) is 3.38. The highest BCUT2D eigenvalue weighted by molar-refractivity contribution is 5.42. The highest BCUT2D eigenvalue weighted by atomic mass is 19.1. The van der Waals surface area contributed by atoms with Gasteiger partial charge in [-0.2, -0.15) is 0 Å². The topological polar surface area (TPSA) is 21.3 Å². The van der Waals surface area contributed by atoms with Crippen LogP contribution in [0.15, 0.2) is 42.5 Å². The van der Waals surface area contributed by atoms with Crippen LogP contribution in [0.4, 0.5) is 4.39 Å². The van der Waals surface area contributed by atoms with Crippen LogP contribution in [0.3, 0.4) is 0 Å². The van der Waals surface area contributed by atoms with Crippen molar-refractivity contribution in [1.29, 1.82) is 0 Å². The normalized spacial score (nSPS) is 17.6. The molecule has 1 unspecified atom stereocenters. The van der Waals surface area contributed by atoms with E-state index in [1.807, 2.05) is 18.2 Å². The summed E-state index contributed by atoms with van der Waals surface area (Å²) in [4.78, 5) is 0. The lowest BCUT2D eigenvalue weighted by molar-refractivity contribution is 0.410. The Morgan fingerprint density at radius 2 is 2.00 bits per heavy atom. The molecule has 0 bridgehead atoms. The zero-order valence-corrected chi connectivity index (χ0v) is 10.1. The summed E-state index contributed by atoms with van der Waals surface area (Å²) in [5.74, 6) is 0.311. The van der Waals surface area contributed by atoms with Crippen molar-refractivity contribution < 1.29 is 9.13 Å². The van der Waals surface area contributed by atoms with E-state index in [2.05, 4.69) is 11.4 Å². The maximum atomic E-state index is 14.1. The molecule has 1 aliphatic rings. The number of halogens is 1. The lowest BCUT2D eigenvalue weighted by atomic mass is 9.98. The van der Waals surface area contributed by atoms with Crippen LogP contribution < -0.4 is 10.1 Å². The van der Waals surface area contributed by atoms with Gasteiger partial charge in [-0.05, 0) is 17.2 Å². The van der Waals surface area contributed by atoms with Crippen LogP contribution in [-0.4, -0.2) is 7.11 Å². The van der Waals surface area contributed by atoms with E-state index in [1.54, 1.807) is 12.1 Å². The molecule has 0 fully saturated rings. The summed E-state index contributed by atoms with van der Waals surface area (Å²) < 4.78 is 19.1. The number of methoxy groups -OCH3 is 1. The molecule has 2 aromatic rings. The molecular formula is C15H14FNO.